The smallest absolute Gasteiger partial charge is 0.258 e. The van der Waals surface area contributed by atoms with Crippen LogP contribution in [0.2, 0.25) is 0 Å². The lowest BCUT2D eigenvalue weighted by Crippen LogP contribution is -2.27. The highest BCUT2D eigenvalue weighted by Crippen LogP contribution is 2.21. The van der Waals surface area contributed by atoms with Gasteiger partial charge in [0.2, 0.25) is 0 Å². The van der Waals surface area contributed by atoms with Crippen LogP contribution in [0.1, 0.15) is 21.7 Å². The number of nitrogens with zero attached hydrogens (tertiary/aromatic N) is 3. The van der Waals surface area contributed by atoms with E-state index in [1.165, 1.54) is 22.9 Å². The fourth-order valence-corrected chi connectivity index (χ4v) is 2.42. The molecule has 26 heavy (non-hydrogen) atoms. The molecular weight excluding hydrogens is 332 g/mol. The number of pyridine rings is 1. The minimum atomic E-state index is -0.356. The average Bonchev–Trinajstić information content (AvgIpc) is 3.10. The summed E-state index contributed by atoms with van der Waals surface area (Å²) in [6.45, 7) is 2.15. The highest BCUT2D eigenvalue weighted by atomic mass is 16.5. The van der Waals surface area contributed by atoms with Crippen LogP contribution in [0.5, 0.6) is 0 Å². The van der Waals surface area contributed by atoms with Crippen LogP contribution in [0, 0.1) is 19.3 Å². The zero-order chi connectivity index (χ0) is 18.5. The van der Waals surface area contributed by atoms with E-state index in [-0.39, 0.29) is 24.6 Å². The molecule has 0 aliphatic heterocycles. The number of hydrogen-bond donors (Lipinski definition) is 1. The van der Waals surface area contributed by atoms with Crippen LogP contribution >= 0.6 is 0 Å². The van der Waals surface area contributed by atoms with Crippen molar-refractivity contribution in [3.8, 4) is 23.8 Å². The standard InChI is InChI=1S/C19H16N4O3/c1-3-10-20-18(25)14-8-9-17(24)23(11-14)12-16-21-19(26-22-16)15-7-5-4-6-13(15)2/h1,4-9,11H,10,12H2,2H3,(H,20,25). The Bertz CT molecular complexity index is 1040. The maximum atomic E-state index is 12.1. The van der Waals surface area contributed by atoms with Gasteiger partial charge in [-0.1, -0.05) is 29.3 Å². The highest BCUT2D eigenvalue weighted by Gasteiger charge is 2.13. The molecule has 0 aliphatic carbocycles. The van der Waals surface area contributed by atoms with Crippen LogP contribution in [0.4, 0.5) is 0 Å². The van der Waals surface area contributed by atoms with Gasteiger partial charge in [-0.2, -0.15) is 4.98 Å². The molecule has 0 bridgehead atoms. The molecule has 0 radical (unpaired) electrons. The van der Waals surface area contributed by atoms with E-state index in [9.17, 15) is 9.59 Å². The van der Waals surface area contributed by atoms with Gasteiger partial charge in [-0.3, -0.25) is 9.59 Å². The molecule has 130 valence electrons. The van der Waals surface area contributed by atoms with Crippen LogP contribution in [-0.2, 0) is 6.54 Å². The number of amides is 1. The molecule has 0 aliphatic rings. The predicted octanol–water partition coefficient (Wildman–Crippen LogP) is 1.62. The normalized spacial score (nSPS) is 10.3. The van der Waals surface area contributed by atoms with E-state index in [1.54, 1.807) is 0 Å². The fourth-order valence-electron chi connectivity index (χ4n) is 2.42. The number of benzene rings is 1. The predicted molar refractivity (Wildman–Crippen MR) is 95.4 cm³/mol. The summed E-state index contributed by atoms with van der Waals surface area (Å²) in [5.74, 6) is 2.69. The summed E-state index contributed by atoms with van der Waals surface area (Å²) in [6.07, 6.45) is 6.57. The van der Waals surface area contributed by atoms with E-state index in [1.807, 2.05) is 31.2 Å². The van der Waals surface area contributed by atoms with Crippen molar-refractivity contribution in [3.05, 3.63) is 69.9 Å². The van der Waals surface area contributed by atoms with Gasteiger partial charge in [0.25, 0.3) is 17.4 Å². The maximum Gasteiger partial charge on any atom is 0.258 e. The summed E-state index contributed by atoms with van der Waals surface area (Å²) in [5, 5.41) is 6.47. The Balaban J connectivity index is 1.84. The number of terminal acetylenes is 1. The number of nitrogens with one attached hydrogen (secondary N) is 1. The topological polar surface area (TPSA) is 90.0 Å². The second-order valence-corrected chi connectivity index (χ2v) is 5.60. The van der Waals surface area contributed by atoms with E-state index in [0.29, 0.717) is 17.3 Å². The second kappa shape index (κ2) is 7.49. The molecule has 3 aromatic rings. The van der Waals surface area contributed by atoms with Crippen molar-refractivity contribution in [2.45, 2.75) is 13.5 Å². The number of carbonyl (C=O) groups is 1. The molecule has 1 amide bonds. The van der Waals surface area contributed by atoms with Gasteiger partial charge in [-0.05, 0) is 24.6 Å². The first-order valence-corrected chi connectivity index (χ1v) is 7.89. The van der Waals surface area contributed by atoms with Crippen LogP contribution < -0.4 is 10.9 Å². The quantitative estimate of drug-likeness (QED) is 0.708. The van der Waals surface area contributed by atoms with Crippen molar-refractivity contribution in [3.63, 3.8) is 0 Å². The lowest BCUT2D eigenvalue weighted by molar-refractivity contribution is 0.0958. The van der Waals surface area contributed by atoms with Crippen LogP contribution in [0.25, 0.3) is 11.5 Å². The van der Waals surface area contributed by atoms with Gasteiger partial charge in [-0.25, -0.2) is 0 Å². The zero-order valence-corrected chi connectivity index (χ0v) is 14.1. The monoisotopic (exact) mass is 348 g/mol. The van der Waals surface area contributed by atoms with Crippen molar-refractivity contribution >= 4 is 5.91 Å². The lowest BCUT2D eigenvalue weighted by Gasteiger charge is -2.06. The Labute approximate surface area is 149 Å². The molecule has 2 aromatic heterocycles. The first-order valence-electron chi connectivity index (χ1n) is 7.89. The number of rotatable bonds is 5. The van der Waals surface area contributed by atoms with Crippen molar-refractivity contribution in [2.75, 3.05) is 6.54 Å². The van der Waals surface area contributed by atoms with Crippen molar-refractivity contribution in [1.82, 2.24) is 20.0 Å². The Morgan fingerprint density at radius 1 is 1.31 bits per heavy atom. The number of hydrogen-bond acceptors (Lipinski definition) is 5. The maximum absolute atomic E-state index is 12.1. The van der Waals surface area contributed by atoms with Gasteiger partial charge >= 0.3 is 0 Å². The molecule has 0 fully saturated rings. The Hall–Kier alpha value is -3.66. The minimum absolute atomic E-state index is 0.0878. The largest absolute Gasteiger partial charge is 0.341 e. The average molecular weight is 348 g/mol. The van der Waals surface area contributed by atoms with E-state index in [4.69, 9.17) is 10.9 Å². The lowest BCUT2D eigenvalue weighted by atomic mass is 10.1. The first-order chi connectivity index (χ1) is 12.6. The SMILES string of the molecule is C#CCNC(=O)c1ccc(=O)n(Cc2noc(-c3ccccc3C)n2)c1. The summed E-state index contributed by atoms with van der Waals surface area (Å²) in [7, 11) is 0. The van der Waals surface area contributed by atoms with Gasteiger partial charge in [0.15, 0.2) is 5.82 Å². The summed E-state index contributed by atoms with van der Waals surface area (Å²) >= 11 is 0. The second-order valence-electron chi connectivity index (χ2n) is 5.60. The van der Waals surface area contributed by atoms with Gasteiger partial charge in [0.05, 0.1) is 18.7 Å². The molecule has 0 atom stereocenters. The number of aromatic nitrogens is 3. The number of aryl methyl sites for hydroxylation is 1. The number of carbonyl (C=O) groups excluding carboxylic acids is 1. The van der Waals surface area contributed by atoms with E-state index in [0.717, 1.165) is 11.1 Å². The third-order valence-electron chi connectivity index (χ3n) is 3.75. The van der Waals surface area contributed by atoms with Crippen LogP contribution in [0.3, 0.4) is 0 Å². The van der Waals surface area contributed by atoms with Gasteiger partial charge in [-0.15, -0.1) is 6.42 Å². The molecule has 7 nitrogen and oxygen atoms in total. The summed E-state index contributed by atoms with van der Waals surface area (Å²) < 4.78 is 6.64. The van der Waals surface area contributed by atoms with Crippen molar-refractivity contribution in [1.29, 1.82) is 0 Å². The van der Waals surface area contributed by atoms with Gasteiger partial charge in [0.1, 0.15) is 0 Å². The fraction of sp³-hybridized carbons (Fsp3) is 0.158. The van der Waals surface area contributed by atoms with E-state index in [2.05, 4.69) is 21.4 Å². The minimum Gasteiger partial charge on any atom is -0.341 e. The molecule has 0 unspecified atom stereocenters. The Kier molecular flexibility index (Phi) is 4.94. The molecule has 0 saturated heterocycles. The summed E-state index contributed by atoms with van der Waals surface area (Å²) in [5.41, 5.74) is 1.89. The molecular formula is C19H16N4O3. The molecule has 2 heterocycles. The van der Waals surface area contributed by atoms with Gasteiger partial charge in [0, 0.05) is 17.8 Å². The molecule has 7 heteroatoms. The Morgan fingerprint density at radius 3 is 2.88 bits per heavy atom. The molecule has 0 saturated carbocycles. The zero-order valence-electron chi connectivity index (χ0n) is 14.1. The van der Waals surface area contributed by atoms with Crippen LogP contribution in [-0.4, -0.2) is 27.2 Å². The third-order valence-corrected chi connectivity index (χ3v) is 3.75. The first kappa shape index (κ1) is 17.2. The van der Waals surface area contributed by atoms with Crippen molar-refractivity contribution < 1.29 is 9.32 Å². The molecule has 1 N–H and O–H groups in total. The molecule has 1 aromatic carbocycles. The summed E-state index contributed by atoms with van der Waals surface area (Å²) in [4.78, 5) is 28.4. The van der Waals surface area contributed by atoms with Crippen LogP contribution in [0.15, 0.2) is 51.9 Å². The third kappa shape index (κ3) is 3.70. The van der Waals surface area contributed by atoms with E-state index < -0.39 is 0 Å². The van der Waals surface area contributed by atoms with Crippen molar-refractivity contribution in [2.24, 2.45) is 0 Å². The van der Waals surface area contributed by atoms with E-state index >= 15 is 0 Å². The summed E-state index contributed by atoms with van der Waals surface area (Å²) in [6, 6.07) is 10.4. The molecule has 0 spiro atoms. The van der Waals surface area contributed by atoms with Gasteiger partial charge < -0.3 is 14.4 Å². The Morgan fingerprint density at radius 2 is 2.12 bits per heavy atom. The highest BCUT2D eigenvalue weighted by molar-refractivity contribution is 5.93. The molecule has 3 rings (SSSR count).